The molecule has 0 unspecified atom stereocenters. The Bertz CT molecular complexity index is 1050. The topological polar surface area (TPSA) is 213 Å². The average Bonchev–Trinajstić information content (AvgIpc) is 2.72. The minimum atomic E-state index is -1.63. The van der Waals surface area contributed by atoms with Crippen molar-refractivity contribution in [3.63, 3.8) is 0 Å². The first-order valence-electron chi connectivity index (χ1n) is 8.48. The molecule has 1 atom stereocenters. The van der Waals surface area contributed by atoms with Crippen molar-refractivity contribution in [1.82, 2.24) is 0 Å². The van der Waals surface area contributed by atoms with E-state index in [9.17, 15) is 50.4 Å². The van der Waals surface area contributed by atoms with E-state index in [1.807, 2.05) is 0 Å². The van der Waals surface area contributed by atoms with E-state index in [-0.39, 0.29) is 12.2 Å². The zero-order chi connectivity index (χ0) is 24.2. The van der Waals surface area contributed by atoms with Gasteiger partial charge in [0.05, 0.1) is 31.8 Å². The van der Waals surface area contributed by atoms with Crippen molar-refractivity contribution in [2.45, 2.75) is 12.5 Å². The summed E-state index contributed by atoms with van der Waals surface area (Å²) in [7, 11) is 0. The summed E-state index contributed by atoms with van der Waals surface area (Å²) < 4.78 is 0. The lowest BCUT2D eigenvalue weighted by atomic mass is 10.1. The minimum Gasteiger partial charge on any atom is -0.480 e. The molecule has 0 aliphatic rings. The molecule has 0 saturated heterocycles. The molecule has 0 bridgehead atoms. The lowest BCUT2D eigenvalue weighted by Crippen LogP contribution is -2.39. The van der Waals surface area contributed by atoms with Gasteiger partial charge >= 0.3 is 5.97 Å². The van der Waals surface area contributed by atoms with E-state index in [0.717, 1.165) is 29.2 Å². The van der Waals surface area contributed by atoms with E-state index in [1.165, 1.54) is 0 Å². The average molecular weight is 467 g/mol. The molecule has 16 heteroatoms. The number of aliphatic carboxylic acids is 1. The number of non-ortho nitro benzene ring substituents is 2. The summed E-state index contributed by atoms with van der Waals surface area (Å²) in [5.41, 5.74) is -4.10. The van der Waals surface area contributed by atoms with Crippen LogP contribution in [-0.2, 0) is 4.79 Å². The van der Waals surface area contributed by atoms with Crippen LogP contribution >= 0.6 is 12.6 Å². The summed E-state index contributed by atoms with van der Waals surface area (Å²) in [5.74, 6) is -1.57. The normalized spacial score (nSPS) is 11.4. The van der Waals surface area contributed by atoms with Crippen LogP contribution in [-0.4, -0.2) is 42.6 Å². The molecule has 0 amide bonds. The predicted octanol–water partition coefficient (Wildman–Crippen LogP) is 3.23. The molecule has 168 valence electrons. The van der Waals surface area contributed by atoms with Crippen LogP contribution in [0.3, 0.4) is 0 Å². The van der Waals surface area contributed by atoms with Gasteiger partial charge in [0.15, 0.2) is 0 Å². The highest BCUT2D eigenvalue weighted by Crippen LogP contribution is 2.43. The van der Waals surface area contributed by atoms with E-state index in [2.05, 4.69) is 12.6 Å². The van der Waals surface area contributed by atoms with Crippen molar-refractivity contribution in [2.24, 2.45) is 0 Å². The fourth-order valence-corrected chi connectivity index (χ4v) is 3.15. The number of hydrogen-bond acceptors (Lipinski definition) is 11. The number of carboxylic acids is 1. The van der Waals surface area contributed by atoms with Crippen molar-refractivity contribution in [3.05, 3.63) is 76.9 Å². The van der Waals surface area contributed by atoms with Crippen molar-refractivity contribution in [3.8, 4) is 0 Å². The van der Waals surface area contributed by atoms with Crippen LogP contribution in [0.4, 0.5) is 34.1 Å². The van der Waals surface area contributed by atoms with Crippen LogP contribution in [0.25, 0.3) is 0 Å². The molecule has 0 heterocycles. The molecule has 1 N–H and O–H groups in total. The maximum Gasteiger partial charge on any atom is 0.326 e. The first-order chi connectivity index (χ1) is 15.0. The van der Waals surface area contributed by atoms with E-state index >= 15 is 0 Å². The lowest BCUT2D eigenvalue weighted by Gasteiger charge is -2.30. The molecule has 2 aromatic rings. The SMILES string of the molecule is O=C(O)[C@H](CCS)N(c1ccc([N+](=O)[O-])cc1[N+](=O)[O-])c1ccc([N+](=O)[O-])cc1[N+](=O)[O-]. The van der Waals surface area contributed by atoms with Gasteiger partial charge in [-0.15, -0.1) is 0 Å². The molecule has 32 heavy (non-hydrogen) atoms. The van der Waals surface area contributed by atoms with Crippen molar-refractivity contribution in [1.29, 1.82) is 0 Å². The van der Waals surface area contributed by atoms with Gasteiger partial charge in [-0.3, -0.25) is 40.5 Å². The Morgan fingerprint density at radius 1 is 0.844 bits per heavy atom. The Hall–Kier alpha value is -4.34. The number of nitro groups is 4. The van der Waals surface area contributed by atoms with Gasteiger partial charge in [0.25, 0.3) is 22.7 Å². The second-order valence-electron chi connectivity index (χ2n) is 6.11. The van der Waals surface area contributed by atoms with Gasteiger partial charge in [0, 0.05) is 12.1 Å². The number of rotatable bonds is 10. The maximum absolute atomic E-state index is 12.0. The molecule has 15 nitrogen and oxygen atoms in total. The Labute approximate surface area is 182 Å². The van der Waals surface area contributed by atoms with Crippen LogP contribution < -0.4 is 4.90 Å². The zero-order valence-corrected chi connectivity index (χ0v) is 16.7. The number of anilines is 2. The van der Waals surface area contributed by atoms with Crippen LogP contribution in [0.15, 0.2) is 36.4 Å². The summed E-state index contributed by atoms with van der Waals surface area (Å²) in [6.07, 6.45) is -0.249. The Kier molecular flexibility index (Phi) is 7.21. The Balaban J connectivity index is 2.92. The third-order valence-corrected chi connectivity index (χ3v) is 4.51. The predicted molar refractivity (Wildman–Crippen MR) is 112 cm³/mol. The van der Waals surface area contributed by atoms with Crippen molar-refractivity contribution < 1.29 is 29.6 Å². The molecular weight excluding hydrogens is 454 g/mol. The smallest absolute Gasteiger partial charge is 0.326 e. The van der Waals surface area contributed by atoms with Crippen LogP contribution in [0.2, 0.25) is 0 Å². The van der Waals surface area contributed by atoms with Crippen molar-refractivity contribution in [2.75, 3.05) is 10.7 Å². The molecular formula is C16H13N5O10S. The number of nitrogens with zero attached hydrogens (tertiary/aromatic N) is 5. The monoisotopic (exact) mass is 467 g/mol. The second-order valence-corrected chi connectivity index (χ2v) is 6.56. The number of carbonyl (C=O) groups is 1. The lowest BCUT2D eigenvalue weighted by molar-refractivity contribution is -0.393. The van der Waals surface area contributed by atoms with Crippen LogP contribution in [0.5, 0.6) is 0 Å². The number of thiol groups is 1. The summed E-state index contributed by atoms with van der Waals surface area (Å²) in [6, 6.07) is 3.04. The number of hydrogen-bond donors (Lipinski definition) is 2. The van der Waals surface area contributed by atoms with E-state index in [4.69, 9.17) is 0 Å². The summed E-state index contributed by atoms with van der Waals surface area (Å²) in [6.45, 7) is 0. The van der Waals surface area contributed by atoms with Crippen LogP contribution in [0.1, 0.15) is 6.42 Å². The quantitative estimate of drug-likeness (QED) is 0.294. The molecule has 2 rings (SSSR count). The molecule has 0 aromatic heterocycles. The number of benzene rings is 2. The van der Waals surface area contributed by atoms with Gasteiger partial charge in [-0.2, -0.15) is 12.6 Å². The fourth-order valence-electron chi connectivity index (χ4n) is 2.90. The van der Waals surface area contributed by atoms with Gasteiger partial charge in [-0.05, 0) is 24.3 Å². The Morgan fingerprint density at radius 2 is 1.25 bits per heavy atom. The highest BCUT2D eigenvalue weighted by molar-refractivity contribution is 7.80. The van der Waals surface area contributed by atoms with Gasteiger partial charge in [-0.25, -0.2) is 4.79 Å². The highest BCUT2D eigenvalue weighted by Gasteiger charge is 2.36. The van der Waals surface area contributed by atoms with E-state index < -0.39 is 65.8 Å². The molecule has 0 radical (unpaired) electrons. The van der Waals surface area contributed by atoms with Gasteiger partial charge in [0.1, 0.15) is 17.4 Å². The summed E-state index contributed by atoms with van der Waals surface area (Å²) in [4.78, 5) is 54.2. The summed E-state index contributed by atoms with van der Waals surface area (Å²) >= 11 is 3.96. The Morgan fingerprint density at radius 3 is 1.53 bits per heavy atom. The molecule has 0 spiro atoms. The third-order valence-electron chi connectivity index (χ3n) is 4.25. The van der Waals surface area contributed by atoms with E-state index in [1.54, 1.807) is 0 Å². The van der Waals surface area contributed by atoms with Gasteiger partial charge < -0.3 is 10.0 Å². The standard InChI is InChI=1S/C16H13N5O10S/c22-16(23)13(5-6-32)17(11-3-1-9(18(24)25)7-14(11)20(28)29)12-4-2-10(19(26)27)8-15(12)21(30)31/h1-4,7-8,13,32H,5-6H2,(H,22,23)/t13-/m0/s1. The number of nitro benzene ring substituents is 4. The van der Waals surface area contributed by atoms with E-state index in [0.29, 0.717) is 12.1 Å². The van der Waals surface area contributed by atoms with Gasteiger partial charge in [-0.1, -0.05) is 0 Å². The largest absolute Gasteiger partial charge is 0.480 e. The third kappa shape index (κ3) is 4.86. The van der Waals surface area contributed by atoms with Crippen molar-refractivity contribution >= 4 is 52.7 Å². The highest BCUT2D eigenvalue weighted by atomic mass is 32.1. The van der Waals surface area contributed by atoms with Gasteiger partial charge in [0.2, 0.25) is 0 Å². The number of carboxylic acid groups (broad SMARTS) is 1. The summed E-state index contributed by atoms with van der Waals surface area (Å²) in [5, 5.41) is 55.0. The fraction of sp³-hybridized carbons (Fsp3) is 0.188. The molecule has 2 aromatic carbocycles. The molecule has 0 saturated carbocycles. The second kappa shape index (κ2) is 9.65. The van der Waals surface area contributed by atoms with Crippen LogP contribution in [0, 0.1) is 40.5 Å². The molecule has 0 aliphatic heterocycles. The first-order valence-corrected chi connectivity index (χ1v) is 9.11. The zero-order valence-electron chi connectivity index (χ0n) is 15.8. The first kappa shape index (κ1) is 23.9. The minimum absolute atomic E-state index is 0.0466. The molecule has 0 fully saturated rings. The molecule has 0 aliphatic carbocycles. The maximum atomic E-state index is 12.0.